The average Bonchev–Trinajstić information content (AvgIpc) is 2.20. The van der Waals surface area contributed by atoms with Crippen LogP contribution in [-0.4, -0.2) is 4.98 Å². The van der Waals surface area contributed by atoms with Gasteiger partial charge in [0.15, 0.2) is 0 Å². The van der Waals surface area contributed by atoms with Gasteiger partial charge in [-0.25, -0.2) is 0 Å². The van der Waals surface area contributed by atoms with Crippen LogP contribution in [-0.2, 0) is 0 Å². The molecule has 2 rings (SSSR count). The van der Waals surface area contributed by atoms with Crippen molar-refractivity contribution in [1.29, 1.82) is 0 Å². The van der Waals surface area contributed by atoms with E-state index in [4.69, 9.17) is 1.37 Å². The predicted octanol–water partition coefficient (Wildman–Crippen LogP) is 2.75. The summed E-state index contributed by atoms with van der Waals surface area (Å²) >= 11 is 0. The third-order valence-electron chi connectivity index (χ3n) is 1.69. The third-order valence-corrected chi connectivity index (χ3v) is 1.69. The number of aromatic nitrogens is 1. The predicted molar refractivity (Wildman–Crippen MR) is 49.7 cm³/mol. The number of pyridine rings is 1. The van der Waals surface area contributed by atoms with Gasteiger partial charge < -0.3 is 0 Å². The van der Waals surface area contributed by atoms with Crippen LogP contribution in [0.5, 0.6) is 0 Å². The summed E-state index contributed by atoms with van der Waals surface area (Å²) in [5.41, 5.74) is 2.00. The lowest BCUT2D eigenvalue weighted by Crippen LogP contribution is -1.79. The summed E-state index contributed by atoms with van der Waals surface area (Å²) in [6, 6.07) is 14.0. The minimum absolute atomic E-state index is 0.444. The van der Waals surface area contributed by atoms with Crippen molar-refractivity contribution >= 4 is 0 Å². The Morgan fingerprint density at radius 3 is 2.50 bits per heavy atom. The molecule has 1 nitrogen and oxygen atoms in total. The molecule has 0 aliphatic rings. The van der Waals surface area contributed by atoms with Crippen molar-refractivity contribution in [3.8, 4) is 11.3 Å². The molecule has 0 spiro atoms. The van der Waals surface area contributed by atoms with Crippen LogP contribution in [0.2, 0.25) is 0 Å². The fourth-order valence-corrected chi connectivity index (χ4v) is 1.10. The summed E-state index contributed by atoms with van der Waals surface area (Å²) in [4.78, 5) is 4.16. The van der Waals surface area contributed by atoms with E-state index in [0.29, 0.717) is 6.04 Å². The van der Waals surface area contributed by atoms with Crippen molar-refractivity contribution in [1.82, 2.24) is 4.98 Å². The van der Waals surface area contributed by atoms with E-state index in [-0.39, 0.29) is 0 Å². The summed E-state index contributed by atoms with van der Waals surface area (Å²) in [6.45, 7) is 0. The standard InChI is InChI=1S/C11H9N/c1-2-6-10(7-3-1)11-8-4-5-9-12-11/h1-9H/i5D. The van der Waals surface area contributed by atoms with Gasteiger partial charge in [0.1, 0.15) is 0 Å². The van der Waals surface area contributed by atoms with Gasteiger partial charge in [0.2, 0.25) is 0 Å². The molecule has 12 heavy (non-hydrogen) atoms. The van der Waals surface area contributed by atoms with Crippen molar-refractivity contribution < 1.29 is 1.37 Å². The van der Waals surface area contributed by atoms with Gasteiger partial charge in [-0.15, -0.1) is 0 Å². The van der Waals surface area contributed by atoms with Crippen LogP contribution in [0.25, 0.3) is 11.3 Å². The molecular formula is C11H9N. The second kappa shape index (κ2) is 3.18. The second-order valence-corrected chi connectivity index (χ2v) is 2.51. The molecule has 0 fully saturated rings. The maximum absolute atomic E-state index is 7.29. The monoisotopic (exact) mass is 156 g/mol. The molecule has 58 valence electrons. The Hall–Kier alpha value is -1.63. The highest BCUT2D eigenvalue weighted by molar-refractivity contribution is 5.58. The van der Waals surface area contributed by atoms with Crippen molar-refractivity contribution in [3.05, 3.63) is 54.7 Å². The Bertz CT molecular complexity index is 381. The van der Waals surface area contributed by atoms with E-state index in [9.17, 15) is 0 Å². The van der Waals surface area contributed by atoms with Crippen LogP contribution >= 0.6 is 0 Å². The van der Waals surface area contributed by atoms with Gasteiger partial charge in [-0.1, -0.05) is 36.4 Å². The van der Waals surface area contributed by atoms with Gasteiger partial charge in [-0.3, -0.25) is 4.98 Å². The molecule has 0 unspecified atom stereocenters. The summed E-state index contributed by atoms with van der Waals surface area (Å²) in [5.74, 6) is 0. The van der Waals surface area contributed by atoms with Crippen LogP contribution in [0.4, 0.5) is 0 Å². The molecule has 0 saturated heterocycles. The normalized spacial score (nSPS) is 10.8. The van der Waals surface area contributed by atoms with E-state index in [1.165, 1.54) is 0 Å². The molecule has 0 aliphatic carbocycles. The van der Waals surface area contributed by atoms with E-state index in [1.54, 1.807) is 12.3 Å². The first-order valence-corrected chi connectivity index (χ1v) is 3.84. The lowest BCUT2D eigenvalue weighted by molar-refractivity contribution is 1.33. The highest BCUT2D eigenvalue weighted by Gasteiger charge is 1.93. The van der Waals surface area contributed by atoms with Gasteiger partial charge in [0.25, 0.3) is 0 Å². The second-order valence-electron chi connectivity index (χ2n) is 2.51. The number of benzene rings is 1. The third kappa shape index (κ3) is 1.35. The lowest BCUT2D eigenvalue weighted by atomic mass is 10.1. The van der Waals surface area contributed by atoms with Crippen LogP contribution in [0.3, 0.4) is 0 Å². The molecule has 1 aromatic carbocycles. The Morgan fingerprint density at radius 1 is 1.00 bits per heavy atom. The molecule has 0 N–H and O–H groups in total. The molecule has 0 aliphatic heterocycles. The maximum Gasteiger partial charge on any atom is 0.0701 e. The van der Waals surface area contributed by atoms with Crippen LogP contribution in [0.15, 0.2) is 54.7 Å². The van der Waals surface area contributed by atoms with E-state index in [1.807, 2.05) is 36.4 Å². The first-order valence-electron chi connectivity index (χ1n) is 4.34. The zero-order chi connectivity index (χ0) is 9.10. The molecular weight excluding hydrogens is 146 g/mol. The largest absolute Gasteiger partial charge is 0.256 e. The van der Waals surface area contributed by atoms with Gasteiger partial charge in [0, 0.05) is 11.8 Å². The van der Waals surface area contributed by atoms with Crippen molar-refractivity contribution in [3.63, 3.8) is 0 Å². The fourth-order valence-electron chi connectivity index (χ4n) is 1.10. The van der Waals surface area contributed by atoms with Crippen molar-refractivity contribution in [2.45, 2.75) is 0 Å². The quantitative estimate of drug-likeness (QED) is 0.618. The Labute approximate surface area is 73.1 Å². The highest BCUT2D eigenvalue weighted by Crippen LogP contribution is 2.14. The van der Waals surface area contributed by atoms with Gasteiger partial charge in [0.05, 0.1) is 7.06 Å². The molecule has 2 aromatic rings. The Morgan fingerprint density at radius 2 is 1.83 bits per heavy atom. The minimum Gasteiger partial charge on any atom is -0.256 e. The number of hydrogen-bond donors (Lipinski definition) is 0. The minimum atomic E-state index is 0.444. The summed E-state index contributed by atoms with van der Waals surface area (Å²) in [5, 5.41) is 0. The average molecular weight is 156 g/mol. The molecule has 0 amide bonds. The molecule has 0 bridgehead atoms. The highest BCUT2D eigenvalue weighted by atomic mass is 14.7. The topological polar surface area (TPSA) is 12.9 Å². The number of rotatable bonds is 1. The first kappa shape index (κ1) is 5.95. The van der Waals surface area contributed by atoms with Gasteiger partial charge >= 0.3 is 0 Å². The van der Waals surface area contributed by atoms with Crippen LogP contribution < -0.4 is 0 Å². The van der Waals surface area contributed by atoms with E-state index in [0.717, 1.165) is 11.3 Å². The first-order chi connectivity index (χ1) is 6.36. The van der Waals surface area contributed by atoms with E-state index < -0.39 is 0 Å². The molecule has 0 radical (unpaired) electrons. The number of nitrogens with zero attached hydrogens (tertiary/aromatic N) is 1. The van der Waals surface area contributed by atoms with Crippen molar-refractivity contribution in [2.75, 3.05) is 0 Å². The lowest BCUT2D eigenvalue weighted by Gasteiger charge is -1.97. The molecule has 1 aromatic heterocycles. The van der Waals surface area contributed by atoms with Gasteiger partial charge in [-0.2, -0.15) is 0 Å². The van der Waals surface area contributed by atoms with Gasteiger partial charge in [-0.05, 0) is 12.1 Å². The SMILES string of the molecule is [2H]c1ccc(-c2ccccc2)nc1. The zero-order valence-electron chi connectivity index (χ0n) is 7.57. The summed E-state index contributed by atoms with van der Waals surface area (Å²) in [7, 11) is 0. The Kier molecular flexibility index (Phi) is 1.58. The number of hydrogen-bond acceptors (Lipinski definition) is 1. The Balaban J connectivity index is 2.42. The van der Waals surface area contributed by atoms with Crippen LogP contribution in [0, 0.1) is 0 Å². The summed E-state index contributed by atoms with van der Waals surface area (Å²) in [6.07, 6.45) is 1.56. The molecule has 0 atom stereocenters. The van der Waals surface area contributed by atoms with Crippen molar-refractivity contribution in [2.24, 2.45) is 0 Å². The van der Waals surface area contributed by atoms with E-state index >= 15 is 0 Å². The zero-order valence-corrected chi connectivity index (χ0v) is 6.57. The molecule has 1 heteroatoms. The molecule has 0 saturated carbocycles. The van der Waals surface area contributed by atoms with E-state index in [2.05, 4.69) is 4.98 Å². The van der Waals surface area contributed by atoms with Crippen LogP contribution in [0.1, 0.15) is 1.37 Å². The summed E-state index contributed by atoms with van der Waals surface area (Å²) < 4.78 is 7.29. The fraction of sp³-hybridized carbons (Fsp3) is 0. The maximum atomic E-state index is 7.29. The smallest absolute Gasteiger partial charge is 0.0701 e. The molecule has 1 heterocycles.